The van der Waals surface area contributed by atoms with Gasteiger partial charge in [-0.3, -0.25) is 4.79 Å². The molecule has 1 aliphatic carbocycles. The summed E-state index contributed by atoms with van der Waals surface area (Å²) < 4.78 is 5.05. The van der Waals surface area contributed by atoms with Crippen molar-refractivity contribution in [3.63, 3.8) is 0 Å². The Hall–Kier alpha value is -2.09. The monoisotopic (exact) mass is 266 g/mol. The molecule has 3 unspecified atom stereocenters. The van der Waals surface area contributed by atoms with Gasteiger partial charge in [0.25, 0.3) is 0 Å². The van der Waals surface area contributed by atoms with Crippen LogP contribution < -0.4 is 0 Å². The smallest absolute Gasteiger partial charge is 0.310 e. The van der Waals surface area contributed by atoms with Gasteiger partial charge in [-0.05, 0) is 22.6 Å². The van der Waals surface area contributed by atoms with E-state index in [9.17, 15) is 4.79 Å². The van der Waals surface area contributed by atoms with Crippen molar-refractivity contribution in [3.05, 3.63) is 71.3 Å². The number of methoxy groups -OCH3 is 1. The highest BCUT2D eigenvalue weighted by atomic mass is 16.5. The summed E-state index contributed by atoms with van der Waals surface area (Å²) in [5.74, 6) is 0.0149. The molecule has 1 aliphatic rings. The molecular weight excluding hydrogens is 248 g/mol. The van der Waals surface area contributed by atoms with Crippen LogP contribution in [-0.4, -0.2) is 13.1 Å². The SMILES string of the molecule is COC(=O)C1C(C)c2ccccc2C1c1ccccc1. The fourth-order valence-corrected chi connectivity index (χ4v) is 3.41. The number of fused-ring (bicyclic) bond motifs is 1. The minimum atomic E-state index is -0.139. The maximum atomic E-state index is 12.3. The van der Waals surface area contributed by atoms with Gasteiger partial charge in [-0.25, -0.2) is 0 Å². The summed E-state index contributed by atoms with van der Waals surface area (Å²) >= 11 is 0. The van der Waals surface area contributed by atoms with Crippen LogP contribution in [-0.2, 0) is 9.53 Å². The number of hydrogen-bond acceptors (Lipinski definition) is 2. The molecule has 2 nitrogen and oxygen atoms in total. The summed E-state index contributed by atoms with van der Waals surface area (Å²) in [5.41, 5.74) is 3.69. The second-order valence-electron chi connectivity index (χ2n) is 5.35. The van der Waals surface area contributed by atoms with Crippen LogP contribution in [0.3, 0.4) is 0 Å². The molecule has 0 saturated carbocycles. The van der Waals surface area contributed by atoms with Crippen LogP contribution >= 0.6 is 0 Å². The molecule has 0 fully saturated rings. The van der Waals surface area contributed by atoms with Gasteiger partial charge in [0.05, 0.1) is 13.0 Å². The molecule has 3 rings (SSSR count). The Morgan fingerprint density at radius 3 is 2.20 bits per heavy atom. The predicted molar refractivity (Wildman–Crippen MR) is 78.6 cm³/mol. The fraction of sp³-hybridized carbons (Fsp3) is 0.278. The van der Waals surface area contributed by atoms with Crippen LogP contribution in [0.15, 0.2) is 54.6 Å². The fourth-order valence-electron chi connectivity index (χ4n) is 3.41. The molecular formula is C18H18O2. The average Bonchev–Trinajstić information content (AvgIpc) is 2.81. The van der Waals surface area contributed by atoms with Gasteiger partial charge in [-0.15, -0.1) is 0 Å². The first kappa shape index (κ1) is 12.9. The molecule has 2 heteroatoms. The van der Waals surface area contributed by atoms with Crippen molar-refractivity contribution in [2.24, 2.45) is 5.92 Å². The van der Waals surface area contributed by atoms with Gasteiger partial charge in [-0.2, -0.15) is 0 Å². The molecule has 2 aromatic rings. The number of benzene rings is 2. The van der Waals surface area contributed by atoms with Crippen LogP contribution in [0.25, 0.3) is 0 Å². The van der Waals surface area contributed by atoms with Gasteiger partial charge in [0, 0.05) is 5.92 Å². The van der Waals surface area contributed by atoms with E-state index in [1.54, 1.807) is 0 Å². The standard InChI is InChI=1S/C18H18O2/c1-12-14-10-6-7-11-15(14)17(16(12)18(19)20-2)13-8-4-3-5-9-13/h3-12,16-17H,1-2H3. The van der Waals surface area contributed by atoms with Crippen molar-refractivity contribution in [2.75, 3.05) is 7.11 Å². The molecule has 0 N–H and O–H groups in total. The first-order chi connectivity index (χ1) is 9.74. The molecule has 0 aliphatic heterocycles. The summed E-state index contributed by atoms with van der Waals surface area (Å²) in [5, 5.41) is 0. The maximum Gasteiger partial charge on any atom is 0.310 e. The number of carbonyl (C=O) groups is 1. The van der Waals surface area contributed by atoms with Crippen LogP contribution in [0.4, 0.5) is 0 Å². The molecule has 0 saturated heterocycles. The summed E-state index contributed by atoms with van der Waals surface area (Å²) in [4.78, 5) is 12.3. The molecule has 0 spiro atoms. The van der Waals surface area contributed by atoms with E-state index < -0.39 is 0 Å². The molecule has 0 heterocycles. The van der Waals surface area contributed by atoms with Crippen LogP contribution in [0.5, 0.6) is 0 Å². The van der Waals surface area contributed by atoms with Gasteiger partial charge >= 0.3 is 5.97 Å². The lowest BCUT2D eigenvalue weighted by Crippen LogP contribution is -2.23. The van der Waals surface area contributed by atoms with Crippen molar-refractivity contribution in [1.29, 1.82) is 0 Å². The summed E-state index contributed by atoms with van der Waals surface area (Å²) in [6.45, 7) is 2.11. The molecule has 0 bridgehead atoms. The Bertz CT molecular complexity index is 618. The van der Waals surface area contributed by atoms with E-state index in [0.29, 0.717) is 0 Å². The number of carbonyl (C=O) groups excluding carboxylic acids is 1. The van der Waals surface area contributed by atoms with E-state index in [4.69, 9.17) is 4.74 Å². The zero-order valence-electron chi connectivity index (χ0n) is 11.7. The van der Waals surface area contributed by atoms with E-state index in [-0.39, 0.29) is 23.7 Å². The molecule has 2 aromatic carbocycles. The minimum absolute atomic E-state index is 0.0925. The Morgan fingerprint density at radius 1 is 0.950 bits per heavy atom. The second-order valence-corrected chi connectivity index (χ2v) is 5.35. The third-order valence-electron chi connectivity index (χ3n) is 4.35. The van der Waals surface area contributed by atoms with E-state index in [1.807, 2.05) is 30.3 Å². The Balaban J connectivity index is 2.14. The van der Waals surface area contributed by atoms with Crippen LogP contribution in [0.1, 0.15) is 35.4 Å². The summed E-state index contributed by atoms with van der Waals surface area (Å²) in [6.07, 6.45) is 0. The number of esters is 1. The molecule has 0 amide bonds. The summed E-state index contributed by atoms with van der Waals surface area (Å²) in [7, 11) is 1.47. The van der Waals surface area contributed by atoms with Gasteiger partial charge in [0.15, 0.2) is 0 Å². The lowest BCUT2D eigenvalue weighted by atomic mass is 9.83. The highest BCUT2D eigenvalue weighted by molar-refractivity contribution is 5.78. The zero-order valence-corrected chi connectivity index (χ0v) is 11.7. The Labute approximate surface area is 119 Å². The van der Waals surface area contributed by atoms with Crippen molar-refractivity contribution in [3.8, 4) is 0 Å². The third kappa shape index (κ3) is 1.92. The first-order valence-electron chi connectivity index (χ1n) is 6.95. The first-order valence-corrected chi connectivity index (χ1v) is 6.95. The zero-order chi connectivity index (χ0) is 14.1. The van der Waals surface area contributed by atoms with Crippen molar-refractivity contribution in [1.82, 2.24) is 0 Å². The molecule has 0 aromatic heterocycles. The molecule has 102 valence electrons. The molecule has 20 heavy (non-hydrogen) atoms. The highest BCUT2D eigenvalue weighted by Gasteiger charge is 2.43. The second kappa shape index (κ2) is 5.12. The number of rotatable bonds is 2. The molecule has 0 radical (unpaired) electrons. The summed E-state index contributed by atoms with van der Waals surface area (Å²) in [6, 6.07) is 18.6. The highest BCUT2D eigenvalue weighted by Crippen LogP contribution is 2.49. The van der Waals surface area contributed by atoms with Gasteiger partial charge in [0.2, 0.25) is 0 Å². The lowest BCUT2D eigenvalue weighted by Gasteiger charge is -2.21. The largest absolute Gasteiger partial charge is 0.469 e. The quantitative estimate of drug-likeness (QED) is 0.774. The van der Waals surface area contributed by atoms with E-state index >= 15 is 0 Å². The van der Waals surface area contributed by atoms with Crippen molar-refractivity contribution >= 4 is 5.97 Å². The topological polar surface area (TPSA) is 26.3 Å². The minimum Gasteiger partial charge on any atom is -0.469 e. The van der Waals surface area contributed by atoms with Crippen molar-refractivity contribution < 1.29 is 9.53 Å². The number of ether oxygens (including phenoxy) is 1. The third-order valence-corrected chi connectivity index (χ3v) is 4.35. The number of hydrogen-bond donors (Lipinski definition) is 0. The Kier molecular flexibility index (Phi) is 3.31. The van der Waals surface area contributed by atoms with Gasteiger partial charge < -0.3 is 4.74 Å². The van der Waals surface area contributed by atoms with Crippen molar-refractivity contribution in [2.45, 2.75) is 18.8 Å². The average molecular weight is 266 g/mol. The van der Waals surface area contributed by atoms with Gasteiger partial charge in [0.1, 0.15) is 0 Å². The van der Waals surface area contributed by atoms with Crippen LogP contribution in [0.2, 0.25) is 0 Å². The molecule has 3 atom stereocenters. The van der Waals surface area contributed by atoms with E-state index in [2.05, 4.69) is 31.2 Å². The normalized spacial score (nSPS) is 24.2. The van der Waals surface area contributed by atoms with E-state index in [1.165, 1.54) is 23.8 Å². The Morgan fingerprint density at radius 2 is 1.55 bits per heavy atom. The van der Waals surface area contributed by atoms with Gasteiger partial charge in [-0.1, -0.05) is 61.5 Å². The van der Waals surface area contributed by atoms with E-state index in [0.717, 1.165) is 0 Å². The maximum absolute atomic E-state index is 12.3. The predicted octanol–water partition coefficient (Wildman–Crippen LogP) is 3.72. The van der Waals surface area contributed by atoms with Crippen LogP contribution in [0, 0.1) is 5.92 Å². The lowest BCUT2D eigenvalue weighted by molar-refractivity contribution is -0.146.